The molecule has 1 aromatic heterocycles. The van der Waals surface area contributed by atoms with Crippen molar-refractivity contribution in [1.29, 1.82) is 0 Å². The molecule has 6 nitrogen and oxygen atoms in total. The number of morpholine rings is 1. The molecule has 0 saturated carbocycles. The lowest BCUT2D eigenvalue weighted by Crippen LogP contribution is -2.51. The predicted octanol–water partition coefficient (Wildman–Crippen LogP) is 1.38. The number of nitrogens with zero attached hydrogens (tertiary/aromatic N) is 4. The maximum Gasteiger partial charge on any atom is 0.130 e. The van der Waals surface area contributed by atoms with E-state index < -0.39 is 0 Å². The van der Waals surface area contributed by atoms with Crippen LogP contribution in [0.15, 0.2) is 0 Å². The molecule has 6 heteroatoms. The fourth-order valence-corrected chi connectivity index (χ4v) is 3.57. The molecule has 23 heavy (non-hydrogen) atoms. The van der Waals surface area contributed by atoms with Crippen molar-refractivity contribution in [3.63, 3.8) is 0 Å². The van der Waals surface area contributed by atoms with Gasteiger partial charge in [-0.15, -0.1) is 0 Å². The molecule has 0 aromatic carbocycles. The number of anilines is 1. The fraction of sp³-hybridized carbons (Fsp3) is 0.824. The number of nitrogens with one attached hydrogen (secondary N) is 1. The number of ether oxygens (including phenoxy) is 1. The van der Waals surface area contributed by atoms with Gasteiger partial charge in [-0.05, 0) is 27.7 Å². The van der Waals surface area contributed by atoms with E-state index in [1.165, 1.54) is 11.4 Å². The van der Waals surface area contributed by atoms with Gasteiger partial charge >= 0.3 is 0 Å². The predicted molar refractivity (Wildman–Crippen MR) is 95.0 cm³/mol. The summed E-state index contributed by atoms with van der Waals surface area (Å²) in [5.74, 6) is 1.18. The molecular formula is C17H33N5O. The molecule has 0 bridgehead atoms. The maximum atomic E-state index is 5.82. The molecule has 1 aliphatic rings. The SMILES string of the molecule is Cc1nn(C)c(N(C)C)c1CNC[C@H](C)N1C[C@@H](C)O[C@H](C)C1. The maximum absolute atomic E-state index is 5.82. The van der Waals surface area contributed by atoms with Gasteiger partial charge in [0.15, 0.2) is 0 Å². The first-order valence-electron chi connectivity index (χ1n) is 8.59. The standard InChI is InChI=1S/C17H33N5O/c1-12(22-10-13(2)23-14(3)11-22)8-18-9-16-15(4)19-21(7)17(16)20(5)6/h12-14,18H,8-11H2,1-7H3/t12-,13+,14+/m0/s1. The van der Waals surface area contributed by atoms with E-state index in [2.05, 4.69) is 62.0 Å². The van der Waals surface area contributed by atoms with Crippen molar-refractivity contribution in [2.45, 2.75) is 52.5 Å². The van der Waals surface area contributed by atoms with Crippen molar-refractivity contribution in [2.75, 3.05) is 38.6 Å². The lowest BCUT2D eigenvalue weighted by atomic mass is 10.1. The summed E-state index contributed by atoms with van der Waals surface area (Å²) in [7, 11) is 6.14. The summed E-state index contributed by atoms with van der Waals surface area (Å²) in [4.78, 5) is 4.65. The van der Waals surface area contributed by atoms with E-state index in [-0.39, 0.29) is 0 Å². The second kappa shape index (κ2) is 7.64. The minimum absolute atomic E-state index is 0.321. The Balaban J connectivity index is 1.90. The molecule has 0 amide bonds. The van der Waals surface area contributed by atoms with Crippen molar-refractivity contribution in [3.05, 3.63) is 11.3 Å². The summed E-state index contributed by atoms with van der Waals surface area (Å²) in [5, 5.41) is 8.16. The van der Waals surface area contributed by atoms with E-state index in [1.807, 2.05) is 11.7 Å². The fourth-order valence-electron chi connectivity index (χ4n) is 3.57. The summed E-state index contributed by atoms with van der Waals surface area (Å²) in [6.07, 6.45) is 0.643. The Kier molecular flexibility index (Phi) is 6.06. The quantitative estimate of drug-likeness (QED) is 0.857. The van der Waals surface area contributed by atoms with Crippen LogP contribution in [0, 0.1) is 6.92 Å². The molecule has 1 aromatic rings. The monoisotopic (exact) mass is 323 g/mol. The van der Waals surface area contributed by atoms with Crippen LogP contribution < -0.4 is 10.2 Å². The van der Waals surface area contributed by atoms with E-state index in [1.54, 1.807) is 0 Å². The Morgan fingerprint density at radius 1 is 1.30 bits per heavy atom. The first-order chi connectivity index (χ1) is 10.8. The summed E-state index contributed by atoms with van der Waals surface area (Å²) < 4.78 is 7.78. The number of hydrogen-bond acceptors (Lipinski definition) is 5. The van der Waals surface area contributed by atoms with Gasteiger partial charge in [-0.1, -0.05) is 0 Å². The normalized spacial score (nSPS) is 24.0. The van der Waals surface area contributed by atoms with Crippen LogP contribution in [0.3, 0.4) is 0 Å². The van der Waals surface area contributed by atoms with Crippen LogP contribution in [0.4, 0.5) is 5.82 Å². The smallest absolute Gasteiger partial charge is 0.130 e. The summed E-state index contributed by atoms with van der Waals surface area (Å²) in [5.41, 5.74) is 2.39. The van der Waals surface area contributed by atoms with E-state index in [4.69, 9.17) is 4.74 Å². The van der Waals surface area contributed by atoms with Gasteiger partial charge in [0.2, 0.25) is 0 Å². The molecule has 0 radical (unpaired) electrons. The molecule has 1 N–H and O–H groups in total. The van der Waals surface area contributed by atoms with Crippen molar-refractivity contribution < 1.29 is 4.74 Å². The highest BCUT2D eigenvalue weighted by Gasteiger charge is 2.25. The van der Waals surface area contributed by atoms with Crippen LogP contribution in [-0.4, -0.2) is 66.7 Å². The second-order valence-electron chi connectivity index (χ2n) is 7.10. The second-order valence-corrected chi connectivity index (χ2v) is 7.10. The third kappa shape index (κ3) is 4.46. The highest BCUT2D eigenvalue weighted by atomic mass is 16.5. The molecule has 1 aliphatic heterocycles. The van der Waals surface area contributed by atoms with Crippen molar-refractivity contribution >= 4 is 5.82 Å². The molecule has 1 fully saturated rings. The zero-order valence-corrected chi connectivity index (χ0v) is 15.8. The molecule has 132 valence electrons. The van der Waals surface area contributed by atoms with Gasteiger partial charge in [0.25, 0.3) is 0 Å². The molecule has 3 atom stereocenters. The van der Waals surface area contributed by atoms with Gasteiger partial charge < -0.3 is 15.0 Å². The lowest BCUT2D eigenvalue weighted by Gasteiger charge is -2.39. The number of rotatable bonds is 6. The largest absolute Gasteiger partial charge is 0.373 e. The van der Waals surface area contributed by atoms with Crippen LogP contribution in [0.25, 0.3) is 0 Å². The molecule has 1 saturated heterocycles. The van der Waals surface area contributed by atoms with Crippen molar-refractivity contribution in [3.8, 4) is 0 Å². The minimum Gasteiger partial charge on any atom is -0.373 e. The third-order valence-electron chi connectivity index (χ3n) is 4.55. The third-order valence-corrected chi connectivity index (χ3v) is 4.55. The molecule has 2 rings (SSSR count). The zero-order chi connectivity index (χ0) is 17.1. The topological polar surface area (TPSA) is 45.6 Å². The van der Waals surface area contributed by atoms with Crippen molar-refractivity contribution in [2.24, 2.45) is 7.05 Å². The molecular weight excluding hydrogens is 290 g/mol. The van der Waals surface area contributed by atoms with Crippen LogP contribution >= 0.6 is 0 Å². The summed E-state index contributed by atoms with van der Waals surface area (Å²) in [6, 6.07) is 0.503. The van der Waals surface area contributed by atoms with Gasteiger partial charge in [0.1, 0.15) is 5.82 Å². The van der Waals surface area contributed by atoms with Crippen LogP contribution in [0.1, 0.15) is 32.0 Å². The Labute approximate surface area is 140 Å². The molecule has 0 unspecified atom stereocenters. The van der Waals surface area contributed by atoms with Gasteiger partial charge in [0, 0.05) is 58.9 Å². The Bertz CT molecular complexity index is 503. The van der Waals surface area contributed by atoms with Gasteiger partial charge in [-0.25, -0.2) is 0 Å². The van der Waals surface area contributed by atoms with E-state index in [0.29, 0.717) is 18.2 Å². The van der Waals surface area contributed by atoms with Crippen LogP contribution in [0.5, 0.6) is 0 Å². The molecule has 0 spiro atoms. The minimum atomic E-state index is 0.321. The first kappa shape index (κ1) is 18.2. The summed E-state index contributed by atoms with van der Waals surface area (Å²) >= 11 is 0. The highest BCUT2D eigenvalue weighted by molar-refractivity contribution is 5.48. The van der Waals surface area contributed by atoms with E-state index in [0.717, 1.165) is 31.9 Å². The summed E-state index contributed by atoms with van der Waals surface area (Å²) in [6.45, 7) is 12.5. The highest BCUT2D eigenvalue weighted by Crippen LogP contribution is 2.21. The average Bonchev–Trinajstić information content (AvgIpc) is 2.72. The Morgan fingerprint density at radius 2 is 1.91 bits per heavy atom. The van der Waals surface area contributed by atoms with Crippen molar-refractivity contribution in [1.82, 2.24) is 20.0 Å². The van der Waals surface area contributed by atoms with Gasteiger partial charge in [-0.2, -0.15) is 5.10 Å². The lowest BCUT2D eigenvalue weighted by molar-refractivity contribution is -0.0781. The number of aryl methyl sites for hydroxylation is 2. The number of aromatic nitrogens is 2. The molecule has 0 aliphatic carbocycles. The van der Waals surface area contributed by atoms with Crippen LogP contribution in [-0.2, 0) is 18.3 Å². The van der Waals surface area contributed by atoms with E-state index >= 15 is 0 Å². The Hall–Kier alpha value is -1.11. The zero-order valence-electron chi connectivity index (χ0n) is 15.8. The Morgan fingerprint density at radius 3 is 2.48 bits per heavy atom. The van der Waals surface area contributed by atoms with Gasteiger partial charge in [0.05, 0.1) is 17.9 Å². The van der Waals surface area contributed by atoms with E-state index in [9.17, 15) is 0 Å². The van der Waals surface area contributed by atoms with Gasteiger partial charge in [-0.3, -0.25) is 9.58 Å². The average molecular weight is 323 g/mol. The molecule has 2 heterocycles. The van der Waals surface area contributed by atoms with Crippen LogP contribution in [0.2, 0.25) is 0 Å². The number of hydrogen-bond donors (Lipinski definition) is 1. The first-order valence-corrected chi connectivity index (χ1v) is 8.59.